The van der Waals surface area contributed by atoms with Crippen molar-refractivity contribution in [2.45, 2.75) is 6.42 Å². The van der Waals surface area contributed by atoms with Gasteiger partial charge in [-0.15, -0.1) is 0 Å². The molecule has 0 saturated heterocycles. The molecule has 2 aromatic rings. The largest absolute Gasteiger partial charge is 0.264 e. The lowest BCUT2D eigenvalue weighted by atomic mass is 10.1. The standard InChI is InChI=1S/C11H10BrN/c12-5-3-9-1-2-10-4-6-13-8-11(10)7-9/h1-2,4,6-8H,3,5H2. The van der Waals surface area contributed by atoms with Gasteiger partial charge >= 0.3 is 0 Å². The molecule has 1 aromatic carbocycles. The van der Waals surface area contributed by atoms with Crippen molar-refractivity contribution in [1.82, 2.24) is 4.98 Å². The van der Waals surface area contributed by atoms with Crippen LogP contribution in [0.15, 0.2) is 36.7 Å². The van der Waals surface area contributed by atoms with E-state index in [2.05, 4.69) is 39.1 Å². The minimum absolute atomic E-state index is 1.01. The van der Waals surface area contributed by atoms with Crippen LogP contribution >= 0.6 is 15.9 Å². The van der Waals surface area contributed by atoms with E-state index in [-0.39, 0.29) is 0 Å². The van der Waals surface area contributed by atoms with Crippen LogP contribution in [0.5, 0.6) is 0 Å². The molecule has 0 aliphatic rings. The number of aryl methyl sites for hydroxylation is 1. The maximum Gasteiger partial charge on any atom is 0.0346 e. The average molecular weight is 236 g/mol. The SMILES string of the molecule is BrCCc1ccc2ccncc2c1. The fourth-order valence-corrected chi connectivity index (χ4v) is 1.86. The summed E-state index contributed by atoms with van der Waals surface area (Å²) in [6, 6.07) is 8.55. The monoisotopic (exact) mass is 235 g/mol. The molecule has 2 heteroatoms. The molecule has 0 atom stereocenters. The molecule has 0 amide bonds. The van der Waals surface area contributed by atoms with Crippen molar-refractivity contribution in [3.63, 3.8) is 0 Å². The number of halogens is 1. The Labute approximate surface area is 85.9 Å². The Bertz CT molecular complexity index is 412. The molecule has 0 unspecified atom stereocenters. The van der Waals surface area contributed by atoms with E-state index in [1.807, 2.05) is 18.5 Å². The van der Waals surface area contributed by atoms with E-state index in [9.17, 15) is 0 Å². The number of aromatic nitrogens is 1. The summed E-state index contributed by atoms with van der Waals surface area (Å²) in [6.07, 6.45) is 4.81. The van der Waals surface area contributed by atoms with Crippen LogP contribution < -0.4 is 0 Å². The van der Waals surface area contributed by atoms with Gasteiger partial charge in [0.1, 0.15) is 0 Å². The van der Waals surface area contributed by atoms with E-state index in [1.54, 1.807) is 0 Å². The van der Waals surface area contributed by atoms with E-state index in [4.69, 9.17) is 0 Å². The van der Waals surface area contributed by atoms with Crippen LogP contribution in [-0.4, -0.2) is 10.3 Å². The third-order valence-electron chi connectivity index (χ3n) is 2.09. The summed E-state index contributed by atoms with van der Waals surface area (Å²) in [5.74, 6) is 0. The second kappa shape index (κ2) is 3.88. The molecule has 0 bridgehead atoms. The molecule has 0 aliphatic heterocycles. The Hall–Kier alpha value is -0.890. The molecule has 1 aromatic heterocycles. The molecule has 1 heterocycles. The highest BCUT2D eigenvalue weighted by molar-refractivity contribution is 9.09. The first-order valence-corrected chi connectivity index (χ1v) is 5.41. The number of rotatable bonds is 2. The third-order valence-corrected chi connectivity index (χ3v) is 2.48. The fourth-order valence-electron chi connectivity index (χ4n) is 1.40. The van der Waals surface area contributed by atoms with Crippen molar-refractivity contribution in [1.29, 1.82) is 0 Å². The Morgan fingerprint density at radius 2 is 2.08 bits per heavy atom. The van der Waals surface area contributed by atoms with Gasteiger partial charge in [-0.1, -0.05) is 28.1 Å². The minimum Gasteiger partial charge on any atom is -0.264 e. The molecule has 1 nitrogen and oxygen atoms in total. The highest BCUT2D eigenvalue weighted by atomic mass is 79.9. The lowest BCUT2D eigenvalue weighted by Gasteiger charge is -2.00. The first-order chi connectivity index (χ1) is 6.40. The van der Waals surface area contributed by atoms with Crippen molar-refractivity contribution < 1.29 is 0 Å². The molecule has 0 radical (unpaired) electrons. The van der Waals surface area contributed by atoms with Gasteiger partial charge < -0.3 is 0 Å². The zero-order valence-corrected chi connectivity index (χ0v) is 8.79. The summed E-state index contributed by atoms with van der Waals surface area (Å²) >= 11 is 3.43. The summed E-state index contributed by atoms with van der Waals surface area (Å²) in [6.45, 7) is 0. The Kier molecular flexibility index (Phi) is 2.60. The van der Waals surface area contributed by atoms with Crippen LogP contribution in [0.4, 0.5) is 0 Å². The molecule has 0 fully saturated rings. The number of hydrogen-bond acceptors (Lipinski definition) is 1. The second-order valence-corrected chi connectivity index (χ2v) is 3.79. The quantitative estimate of drug-likeness (QED) is 0.730. The molecular formula is C11H10BrN. The van der Waals surface area contributed by atoms with E-state index >= 15 is 0 Å². The van der Waals surface area contributed by atoms with Gasteiger partial charge in [-0.2, -0.15) is 0 Å². The van der Waals surface area contributed by atoms with Crippen LogP contribution in [0, 0.1) is 0 Å². The predicted molar refractivity (Wildman–Crippen MR) is 59.2 cm³/mol. The molecule has 0 spiro atoms. The van der Waals surface area contributed by atoms with Gasteiger partial charge in [0.05, 0.1) is 0 Å². The van der Waals surface area contributed by atoms with E-state index in [1.165, 1.54) is 16.3 Å². The second-order valence-electron chi connectivity index (χ2n) is 3.00. The van der Waals surface area contributed by atoms with E-state index in [0.717, 1.165) is 11.8 Å². The van der Waals surface area contributed by atoms with Crippen LogP contribution in [0.1, 0.15) is 5.56 Å². The summed E-state index contributed by atoms with van der Waals surface area (Å²) < 4.78 is 0. The molecule has 0 aliphatic carbocycles. The number of pyridine rings is 1. The summed E-state index contributed by atoms with van der Waals surface area (Å²) in [5, 5.41) is 3.49. The fraction of sp³-hybridized carbons (Fsp3) is 0.182. The predicted octanol–water partition coefficient (Wildman–Crippen LogP) is 3.17. The first kappa shape index (κ1) is 8.70. The van der Waals surface area contributed by atoms with Crippen molar-refractivity contribution in [2.24, 2.45) is 0 Å². The van der Waals surface area contributed by atoms with Crippen LogP contribution in [-0.2, 0) is 6.42 Å². The molecular weight excluding hydrogens is 226 g/mol. The van der Waals surface area contributed by atoms with Gasteiger partial charge in [-0.25, -0.2) is 0 Å². The zero-order valence-electron chi connectivity index (χ0n) is 7.20. The lowest BCUT2D eigenvalue weighted by Crippen LogP contribution is -1.85. The molecule has 2 rings (SSSR count). The van der Waals surface area contributed by atoms with Crippen LogP contribution in [0.2, 0.25) is 0 Å². The highest BCUT2D eigenvalue weighted by Gasteiger charge is 1.94. The smallest absolute Gasteiger partial charge is 0.0346 e. The molecule has 66 valence electrons. The van der Waals surface area contributed by atoms with Crippen molar-refractivity contribution in [2.75, 3.05) is 5.33 Å². The topological polar surface area (TPSA) is 12.9 Å². The normalized spacial score (nSPS) is 10.5. The maximum atomic E-state index is 4.10. The number of nitrogens with zero attached hydrogens (tertiary/aromatic N) is 1. The third kappa shape index (κ3) is 1.89. The summed E-state index contributed by atoms with van der Waals surface area (Å²) in [5.41, 5.74) is 1.36. The number of alkyl halides is 1. The summed E-state index contributed by atoms with van der Waals surface area (Å²) in [7, 11) is 0. The zero-order chi connectivity index (χ0) is 9.10. The van der Waals surface area contributed by atoms with Crippen molar-refractivity contribution in [3.05, 3.63) is 42.2 Å². The molecule has 0 N–H and O–H groups in total. The Morgan fingerprint density at radius 3 is 2.92 bits per heavy atom. The number of benzene rings is 1. The first-order valence-electron chi connectivity index (χ1n) is 4.29. The minimum atomic E-state index is 1.01. The van der Waals surface area contributed by atoms with E-state index < -0.39 is 0 Å². The molecule has 13 heavy (non-hydrogen) atoms. The van der Waals surface area contributed by atoms with Gasteiger partial charge in [-0.05, 0) is 29.5 Å². The number of fused-ring (bicyclic) bond motifs is 1. The van der Waals surface area contributed by atoms with Gasteiger partial charge in [0.2, 0.25) is 0 Å². The van der Waals surface area contributed by atoms with Crippen molar-refractivity contribution >= 4 is 26.7 Å². The van der Waals surface area contributed by atoms with Gasteiger partial charge in [0.15, 0.2) is 0 Å². The highest BCUT2D eigenvalue weighted by Crippen LogP contribution is 2.14. The Balaban J connectivity index is 2.49. The van der Waals surface area contributed by atoms with Crippen LogP contribution in [0.25, 0.3) is 10.8 Å². The van der Waals surface area contributed by atoms with Crippen LogP contribution in [0.3, 0.4) is 0 Å². The van der Waals surface area contributed by atoms with E-state index in [0.29, 0.717) is 0 Å². The van der Waals surface area contributed by atoms with Gasteiger partial charge in [0.25, 0.3) is 0 Å². The maximum absolute atomic E-state index is 4.10. The Morgan fingerprint density at radius 1 is 1.15 bits per heavy atom. The summed E-state index contributed by atoms with van der Waals surface area (Å²) in [4.78, 5) is 4.10. The lowest BCUT2D eigenvalue weighted by molar-refractivity contribution is 1.17. The number of hydrogen-bond donors (Lipinski definition) is 0. The van der Waals surface area contributed by atoms with Crippen molar-refractivity contribution in [3.8, 4) is 0 Å². The average Bonchev–Trinajstić information content (AvgIpc) is 2.18. The van der Waals surface area contributed by atoms with Gasteiger partial charge in [-0.3, -0.25) is 4.98 Å². The van der Waals surface area contributed by atoms with Gasteiger partial charge in [0, 0.05) is 23.1 Å². The molecule has 0 saturated carbocycles.